The van der Waals surface area contributed by atoms with E-state index in [0.29, 0.717) is 6.54 Å². The molecule has 0 aromatic carbocycles. The number of nitrogens with one attached hydrogen (secondary N) is 1. The predicted molar refractivity (Wildman–Crippen MR) is 53.0 cm³/mol. The van der Waals surface area contributed by atoms with Gasteiger partial charge in [-0.15, -0.1) is 11.3 Å². The molecule has 0 aliphatic rings. The van der Waals surface area contributed by atoms with Gasteiger partial charge in [0.2, 0.25) is 0 Å². The Balaban J connectivity index is 2.26. The average Bonchev–Trinajstić information content (AvgIpc) is 2.55. The van der Waals surface area contributed by atoms with Gasteiger partial charge in [0, 0.05) is 17.5 Å². The first kappa shape index (κ1) is 10.2. The lowest BCUT2D eigenvalue weighted by Gasteiger charge is -2.10. The molecule has 1 aromatic rings. The molecule has 0 aliphatic carbocycles. The molecule has 0 unspecified atom stereocenters. The van der Waals surface area contributed by atoms with Crippen LogP contribution in [0.3, 0.4) is 0 Å². The number of carboxylic acids is 1. The van der Waals surface area contributed by atoms with Gasteiger partial charge in [-0.05, 0) is 18.4 Å². The van der Waals surface area contributed by atoms with E-state index in [2.05, 4.69) is 5.32 Å². The van der Waals surface area contributed by atoms with Gasteiger partial charge in [-0.2, -0.15) is 0 Å². The summed E-state index contributed by atoms with van der Waals surface area (Å²) in [5.74, 6) is -0.758. The van der Waals surface area contributed by atoms with Gasteiger partial charge >= 0.3 is 5.97 Å². The minimum Gasteiger partial charge on any atom is -0.481 e. The summed E-state index contributed by atoms with van der Waals surface area (Å²) in [6.07, 6.45) is 0.176. The first-order valence-electron chi connectivity index (χ1n) is 4.18. The topological polar surface area (TPSA) is 49.3 Å². The summed E-state index contributed by atoms with van der Waals surface area (Å²) in [5.41, 5.74) is 0. The molecule has 0 aliphatic heterocycles. The fourth-order valence-corrected chi connectivity index (χ4v) is 1.79. The van der Waals surface area contributed by atoms with E-state index in [0.717, 1.165) is 0 Å². The smallest absolute Gasteiger partial charge is 0.304 e. The second-order valence-corrected chi connectivity index (χ2v) is 3.81. The molecule has 1 atom stereocenters. The van der Waals surface area contributed by atoms with E-state index in [1.54, 1.807) is 11.3 Å². The van der Waals surface area contributed by atoms with Crippen LogP contribution in [0.25, 0.3) is 0 Å². The Kier molecular flexibility index (Phi) is 3.92. The van der Waals surface area contributed by atoms with E-state index >= 15 is 0 Å². The van der Waals surface area contributed by atoms with Gasteiger partial charge in [0.05, 0.1) is 6.42 Å². The van der Waals surface area contributed by atoms with Gasteiger partial charge < -0.3 is 10.4 Å². The maximum atomic E-state index is 10.2. The fourth-order valence-electron chi connectivity index (χ4n) is 1.03. The highest BCUT2D eigenvalue weighted by Gasteiger charge is 2.05. The molecule has 2 N–H and O–H groups in total. The zero-order chi connectivity index (χ0) is 9.68. The maximum absolute atomic E-state index is 10.2. The zero-order valence-electron chi connectivity index (χ0n) is 7.49. The van der Waals surface area contributed by atoms with Gasteiger partial charge in [-0.3, -0.25) is 4.79 Å². The van der Waals surface area contributed by atoms with E-state index < -0.39 is 5.97 Å². The lowest BCUT2D eigenvalue weighted by Crippen LogP contribution is -2.21. The van der Waals surface area contributed by atoms with Gasteiger partial charge in [0.15, 0.2) is 0 Å². The SMILES string of the molecule is C[C@H](NCCC(=O)O)c1cccs1. The highest BCUT2D eigenvalue weighted by atomic mass is 32.1. The third kappa shape index (κ3) is 3.57. The zero-order valence-corrected chi connectivity index (χ0v) is 8.30. The van der Waals surface area contributed by atoms with Crippen LogP contribution in [-0.2, 0) is 4.79 Å². The Morgan fingerprint density at radius 1 is 1.77 bits per heavy atom. The molecular weight excluding hydrogens is 186 g/mol. The molecule has 1 rings (SSSR count). The van der Waals surface area contributed by atoms with Crippen molar-refractivity contribution in [3.8, 4) is 0 Å². The molecular formula is C9H13NO2S. The minimum atomic E-state index is -0.758. The predicted octanol–water partition coefficient (Wildman–Crippen LogP) is 1.87. The van der Waals surface area contributed by atoms with Crippen molar-refractivity contribution in [3.63, 3.8) is 0 Å². The van der Waals surface area contributed by atoms with Crippen LogP contribution in [0.1, 0.15) is 24.3 Å². The van der Waals surface area contributed by atoms with Crippen LogP contribution < -0.4 is 5.32 Å². The molecule has 4 heteroatoms. The average molecular weight is 199 g/mol. The van der Waals surface area contributed by atoms with E-state index in [1.807, 2.05) is 24.4 Å². The van der Waals surface area contributed by atoms with Crippen molar-refractivity contribution < 1.29 is 9.90 Å². The molecule has 1 aromatic heterocycles. The molecule has 0 bridgehead atoms. The van der Waals surface area contributed by atoms with E-state index in [4.69, 9.17) is 5.11 Å². The van der Waals surface area contributed by atoms with Crippen molar-refractivity contribution in [3.05, 3.63) is 22.4 Å². The number of hydrogen-bond donors (Lipinski definition) is 2. The third-order valence-electron chi connectivity index (χ3n) is 1.76. The van der Waals surface area contributed by atoms with Crippen LogP contribution in [0.2, 0.25) is 0 Å². The normalized spacial score (nSPS) is 12.7. The van der Waals surface area contributed by atoms with Crippen LogP contribution in [0, 0.1) is 0 Å². The van der Waals surface area contributed by atoms with Gasteiger partial charge in [-0.1, -0.05) is 6.07 Å². The van der Waals surface area contributed by atoms with E-state index in [1.165, 1.54) is 4.88 Å². The van der Waals surface area contributed by atoms with Crippen molar-refractivity contribution >= 4 is 17.3 Å². The first-order chi connectivity index (χ1) is 6.20. The number of thiophene rings is 1. The highest BCUT2D eigenvalue weighted by molar-refractivity contribution is 7.10. The Morgan fingerprint density at radius 2 is 2.54 bits per heavy atom. The number of hydrogen-bond acceptors (Lipinski definition) is 3. The number of aliphatic carboxylic acids is 1. The summed E-state index contributed by atoms with van der Waals surface area (Å²) in [7, 11) is 0. The molecule has 0 fully saturated rings. The Morgan fingerprint density at radius 3 is 3.08 bits per heavy atom. The van der Waals surface area contributed by atoms with Crippen LogP contribution in [0.15, 0.2) is 17.5 Å². The molecule has 72 valence electrons. The fraction of sp³-hybridized carbons (Fsp3) is 0.444. The van der Waals surface area contributed by atoms with Gasteiger partial charge in [-0.25, -0.2) is 0 Å². The quantitative estimate of drug-likeness (QED) is 0.761. The molecule has 0 saturated heterocycles. The second-order valence-electron chi connectivity index (χ2n) is 2.83. The molecule has 1 heterocycles. The van der Waals surface area contributed by atoms with E-state index in [-0.39, 0.29) is 12.5 Å². The monoisotopic (exact) mass is 199 g/mol. The third-order valence-corrected chi connectivity index (χ3v) is 2.81. The molecule has 13 heavy (non-hydrogen) atoms. The maximum Gasteiger partial charge on any atom is 0.304 e. The van der Waals surface area contributed by atoms with E-state index in [9.17, 15) is 4.79 Å². The number of rotatable bonds is 5. The molecule has 0 saturated carbocycles. The molecule has 0 amide bonds. The minimum absolute atomic E-state index is 0.176. The standard InChI is InChI=1S/C9H13NO2S/c1-7(8-3-2-6-13-8)10-5-4-9(11)12/h2-3,6-7,10H,4-5H2,1H3,(H,11,12)/t7-/m0/s1. The highest BCUT2D eigenvalue weighted by Crippen LogP contribution is 2.17. The lowest BCUT2D eigenvalue weighted by atomic mass is 10.2. The Labute approximate surface area is 81.4 Å². The summed E-state index contributed by atoms with van der Waals surface area (Å²) in [5, 5.41) is 13.6. The second kappa shape index (κ2) is 4.99. The van der Waals surface area contributed by atoms with Gasteiger partial charge in [0.1, 0.15) is 0 Å². The summed E-state index contributed by atoms with van der Waals surface area (Å²) >= 11 is 1.68. The summed E-state index contributed by atoms with van der Waals surface area (Å²) in [6, 6.07) is 4.29. The summed E-state index contributed by atoms with van der Waals surface area (Å²) < 4.78 is 0. The first-order valence-corrected chi connectivity index (χ1v) is 5.06. The van der Waals surface area contributed by atoms with Crippen molar-refractivity contribution in [2.45, 2.75) is 19.4 Å². The van der Waals surface area contributed by atoms with Crippen molar-refractivity contribution in [2.24, 2.45) is 0 Å². The number of carboxylic acid groups (broad SMARTS) is 1. The molecule has 3 nitrogen and oxygen atoms in total. The van der Waals surface area contributed by atoms with Crippen LogP contribution >= 0.6 is 11.3 Å². The van der Waals surface area contributed by atoms with Crippen molar-refractivity contribution in [1.29, 1.82) is 0 Å². The Hall–Kier alpha value is -0.870. The van der Waals surface area contributed by atoms with Gasteiger partial charge in [0.25, 0.3) is 0 Å². The number of carbonyl (C=O) groups is 1. The Bertz CT molecular complexity index is 259. The summed E-state index contributed by atoms with van der Waals surface area (Å²) in [6.45, 7) is 2.56. The summed E-state index contributed by atoms with van der Waals surface area (Å²) in [4.78, 5) is 11.5. The van der Waals surface area contributed by atoms with Crippen LogP contribution in [0.5, 0.6) is 0 Å². The molecule has 0 radical (unpaired) electrons. The van der Waals surface area contributed by atoms with Crippen LogP contribution in [0.4, 0.5) is 0 Å². The lowest BCUT2D eigenvalue weighted by molar-refractivity contribution is -0.136. The van der Waals surface area contributed by atoms with Crippen LogP contribution in [-0.4, -0.2) is 17.6 Å². The van der Waals surface area contributed by atoms with Crippen molar-refractivity contribution in [1.82, 2.24) is 5.32 Å². The van der Waals surface area contributed by atoms with Crippen molar-refractivity contribution in [2.75, 3.05) is 6.54 Å². The molecule has 0 spiro atoms. The largest absolute Gasteiger partial charge is 0.481 e.